The maximum atomic E-state index is 3.58. The van der Waals surface area contributed by atoms with Crippen molar-refractivity contribution in [2.45, 2.75) is 70.8 Å². The van der Waals surface area contributed by atoms with Crippen LogP contribution in [0.1, 0.15) is 81.9 Å². The minimum Gasteiger partial charge on any atom is -0.313 e. The molecule has 1 aromatic rings. The summed E-state index contributed by atoms with van der Waals surface area (Å²) >= 11 is 0. The normalized spacial score (nSPS) is 20.4. The van der Waals surface area contributed by atoms with Gasteiger partial charge in [-0.15, -0.1) is 0 Å². The molecule has 0 aromatic heterocycles. The fraction of sp³-hybridized carbons (Fsp3) is 0.684. The highest BCUT2D eigenvalue weighted by molar-refractivity contribution is 5.27. The number of benzene rings is 1. The number of rotatable bonds is 5. The van der Waals surface area contributed by atoms with Crippen LogP contribution in [0.15, 0.2) is 24.3 Å². The average molecular weight is 273 g/mol. The van der Waals surface area contributed by atoms with Crippen molar-refractivity contribution < 1.29 is 0 Å². The van der Waals surface area contributed by atoms with Crippen molar-refractivity contribution >= 4 is 0 Å². The van der Waals surface area contributed by atoms with Crippen molar-refractivity contribution in [3.05, 3.63) is 35.4 Å². The van der Waals surface area contributed by atoms with E-state index >= 15 is 0 Å². The van der Waals surface area contributed by atoms with E-state index in [1.54, 1.807) is 0 Å². The lowest BCUT2D eigenvalue weighted by Gasteiger charge is -2.26. The van der Waals surface area contributed by atoms with E-state index in [0.717, 1.165) is 5.92 Å². The number of nitrogens with one attached hydrogen (secondary N) is 1. The summed E-state index contributed by atoms with van der Waals surface area (Å²) < 4.78 is 0. The molecule has 20 heavy (non-hydrogen) atoms. The third kappa shape index (κ3) is 3.85. The first kappa shape index (κ1) is 15.6. The van der Waals surface area contributed by atoms with E-state index < -0.39 is 0 Å². The summed E-state index contributed by atoms with van der Waals surface area (Å²) in [5, 5.41) is 3.58. The van der Waals surface area contributed by atoms with Gasteiger partial charge in [0.25, 0.3) is 0 Å². The van der Waals surface area contributed by atoms with Crippen molar-refractivity contribution in [2.75, 3.05) is 7.05 Å². The molecule has 1 fully saturated rings. The zero-order valence-corrected chi connectivity index (χ0v) is 13.5. The maximum absolute atomic E-state index is 3.58. The molecule has 0 radical (unpaired) electrons. The van der Waals surface area contributed by atoms with Crippen molar-refractivity contribution in [3.8, 4) is 0 Å². The van der Waals surface area contributed by atoms with Gasteiger partial charge in [0.1, 0.15) is 0 Å². The third-order valence-corrected chi connectivity index (χ3v) is 5.16. The molecule has 1 heteroatoms. The molecular weight excluding hydrogens is 242 g/mol. The van der Waals surface area contributed by atoms with Crippen LogP contribution < -0.4 is 5.32 Å². The van der Waals surface area contributed by atoms with Crippen LogP contribution in [0.5, 0.6) is 0 Å². The van der Waals surface area contributed by atoms with E-state index in [0.29, 0.717) is 12.0 Å². The molecule has 0 spiro atoms. The SMILES string of the molecule is CCC(C)c1ccc(C(NC)C2CCCCCC2)cc1. The Bertz CT molecular complexity index is 373. The van der Waals surface area contributed by atoms with E-state index in [1.165, 1.54) is 56.1 Å². The highest BCUT2D eigenvalue weighted by atomic mass is 14.9. The van der Waals surface area contributed by atoms with E-state index in [2.05, 4.69) is 50.5 Å². The fourth-order valence-electron chi connectivity index (χ4n) is 3.59. The van der Waals surface area contributed by atoms with Gasteiger partial charge in [0.15, 0.2) is 0 Å². The molecule has 0 aliphatic heterocycles. The van der Waals surface area contributed by atoms with Crippen LogP contribution >= 0.6 is 0 Å². The fourth-order valence-corrected chi connectivity index (χ4v) is 3.59. The second-order valence-corrected chi connectivity index (χ2v) is 6.49. The van der Waals surface area contributed by atoms with Gasteiger partial charge in [-0.2, -0.15) is 0 Å². The Kier molecular flexibility index (Phi) is 6.09. The lowest BCUT2D eigenvalue weighted by Crippen LogP contribution is -2.25. The zero-order valence-electron chi connectivity index (χ0n) is 13.5. The van der Waals surface area contributed by atoms with Crippen LogP contribution in [0.2, 0.25) is 0 Å². The predicted molar refractivity (Wildman–Crippen MR) is 88.1 cm³/mol. The lowest BCUT2D eigenvalue weighted by atomic mass is 9.86. The largest absolute Gasteiger partial charge is 0.313 e. The van der Waals surface area contributed by atoms with Crippen molar-refractivity contribution in [1.82, 2.24) is 5.32 Å². The van der Waals surface area contributed by atoms with Crippen LogP contribution in [0, 0.1) is 5.92 Å². The zero-order chi connectivity index (χ0) is 14.4. The summed E-state index contributed by atoms with van der Waals surface area (Å²) in [7, 11) is 2.12. The van der Waals surface area contributed by atoms with Crippen LogP contribution in [0.3, 0.4) is 0 Å². The van der Waals surface area contributed by atoms with Gasteiger partial charge in [0.05, 0.1) is 0 Å². The molecule has 0 amide bonds. The van der Waals surface area contributed by atoms with E-state index in [4.69, 9.17) is 0 Å². The van der Waals surface area contributed by atoms with Gasteiger partial charge >= 0.3 is 0 Å². The lowest BCUT2D eigenvalue weighted by molar-refractivity contribution is 0.341. The van der Waals surface area contributed by atoms with Crippen molar-refractivity contribution in [2.24, 2.45) is 5.92 Å². The Morgan fingerprint density at radius 3 is 2.05 bits per heavy atom. The number of hydrogen-bond donors (Lipinski definition) is 1. The summed E-state index contributed by atoms with van der Waals surface area (Å²) in [5.74, 6) is 1.49. The summed E-state index contributed by atoms with van der Waals surface area (Å²) in [6.07, 6.45) is 9.68. The Hall–Kier alpha value is -0.820. The minimum atomic E-state index is 0.541. The molecule has 1 N–H and O–H groups in total. The van der Waals surface area contributed by atoms with Gasteiger partial charge in [0, 0.05) is 6.04 Å². The third-order valence-electron chi connectivity index (χ3n) is 5.16. The molecule has 1 aliphatic rings. The molecule has 0 heterocycles. The quantitative estimate of drug-likeness (QED) is 0.705. The first-order valence-electron chi connectivity index (χ1n) is 8.53. The van der Waals surface area contributed by atoms with Crippen LogP contribution in [-0.2, 0) is 0 Å². The van der Waals surface area contributed by atoms with Crippen LogP contribution in [0.25, 0.3) is 0 Å². The summed E-state index contributed by atoms with van der Waals surface area (Å²) in [4.78, 5) is 0. The van der Waals surface area contributed by atoms with Crippen LogP contribution in [0.4, 0.5) is 0 Å². The maximum Gasteiger partial charge on any atom is 0.0346 e. The predicted octanol–water partition coefficient (Wildman–Crippen LogP) is 5.43. The molecule has 1 aliphatic carbocycles. The molecule has 0 bridgehead atoms. The van der Waals surface area contributed by atoms with Gasteiger partial charge in [-0.1, -0.05) is 63.8 Å². The molecular formula is C19H31N. The smallest absolute Gasteiger partial charge is 0.0346 e. The standard InChI is InChI=1S/C19H31N/c1-4-15(2)16-11-13-18(14-12-16)19(20-3)17-9-7-5-6-8-10-17/h11-15,17,19-20H,4-10H2,1-3H3. The van der Waals surface area contributed by atoms with Gasteiger partial charge < -0.3 is 5.32 Å². The number of hydrogen-bond acceptors (Lipinski definition) is 1. The first-order chi connectivity index (χ1) is 9.76. The monoisotopic (exact) mass is 273 g/mol. The van der Waals surface area contributed by atoms with E-state index in [1.807, 2.05) is 0 Å². The van der Waals surface area contributed by atoms with Gasteiger partial charge in [-0.3, -0.25) is 0 Å². The summed E-state index contributed by atoms with van der Waals surface area (Å²) in [6, 6.07) is 9.93. The Balaban J connectivity index is 2.10. The minimum absolute atomic E-state index is 0.541. The highest BCUT2D eigenvalue weighted by Gasteiger charge is 2.22. The second-order valence-electron chi connectivity index (χ2n) is 6.49. The molecule has 2 atom stereocenters. The summed E-state index contributed by atoms with van der Waals surface area (Å²) in [5.41, 5.74) is 2.96. The molecule has 2 unspecified atom stereocenters. The summed E-state index contributed by atoms with van der Waals surface area (Å²) in [6.45, 7) is 4.58. The molecule has 112 valence electrons. The van der Waals surface area contributed by atoms with Gasteiger partial charge in [-0.05, 0) is 49.3 Å². The molecule has 2 rings (SSSR count). The average Bonchev–Trinajstić information content (AvgIpc) is 2.77. The topological polar surface area (TPSA) is 12.0 Å². The van der Waals surface area contributed by atoms with E-state index in [9.17, 15) is 0 Å². The molecule has 1 saturated carbocycles. The van der Waals surface area contributed by atoms with Crippen molar-refractivity contribution in [3.63, 3.8) is 0 Å². The van der Waals surface area contributed by atoms with Crippen LogP contribution in [-0.4, -0.2) is 7.05 Å². The highest BCUT2D eigenvalue weighted by Crippen LogP contribution is 2.33. The van der Waals surface area contributed by atoms with Gasteiger partial charge in [0.2, 0.25) is 0 Å². The van der Waals surface area contributed by atoms with Gasteiger partial charge in [-0.25, -0.2) is 0 Å². The Labute approximate surface area is 125 Å². The van der Waals surface area contributed by atoms with Crippen molar-refractivity contribution in [1.29, 1.82) is 0 Å². The second kappa shape index (κ2) is 7.83. The molecule has 1 nitrogen and oxygen atoms in total. The Morgan fingerprint density at radius 1 is 1.00 bits per heavy atom. The Morgan fingerprint density at radius 2 is 1.55 bits per heavy atom. The van der Waals surface area contributed by atoms with E-state index in [-0.39, 0.29) is 0 Å². The molecule has 0 saturated heterocycles. The first-order valence-corrected chi connectivity index (χ1v) is 8.53. The molecule has 1 aromatic carbocycles.